The van der Waals surface area contributed by atoms with Gasteiger partial charge in [-0.2, -0.15) is 10.2 Å². The first-order valence-electron chi connectivity index (χ1n) is 13.5. The van der Waals surface area contributed by atoms with E-state index in [1.807, 2.05) is 0 Å². The van der Waals surface area contributed by atoms with Crippen molar-refractivity contribution < 1.29 is 9.47 Å². The second-order valence-corrected chi connectivity index (χ2v) is 12.3. The van der Waals surface area contributed by atoms with Gasteiger partial charge in [0.25, 0.3) is 0 Å². The van der Waals surface area contributed by atoms with Crippen LogP contribution < -0.4 is 0 Å². The number of rotatable bonds is 4. The van der Waals surface area contributed by atoms with Crippen molar-refractivity contribution in [2.24, 2.45) is 0 Å². The summed E-state index contributed by atoms with van der Waals surface area (Å²) in [6.07, 6.45) is 6.36. The Hall–Kier alpha value is -2.51. The lowest BCUT2D eigenvalue weighted by Crippen LogP contribution is -2.21. The number of pyridine rings is 1. The zero-order chi connectivity index (χ0) is 25.5. The average Bonchev–Trinajstić information content (AvgIpc) is 3.51. The molecule has 0 radical (unpaired) electrons. The molecular weight excluding hydrogens is 450 g/mol. The van der Waals surface area contributed by atoms with Gasteiger partial charge in [-0.25, -0.2) is 14.3 Å². The first-order chi connectivity index (χ1) is 17.1. The number of hydrogen-bond acceptors (Lipinski definition) is 5. The lowest BCUT2D eigenvalue weighted by Gasteiger charge is -2.25. The minimum Gasteiger partial charge on any atom is -0.356 e. The summed E-state index contributed by atoms with van der Waals surface area (Å²) in [6, 6.07) is 10.6. The minimum absolute atomic E-state index is 0.0519. The highest BCUT2D eigenvalue weighted by molar-refractivity contribution is 5.63. The zero-order valence-electron chi connectivity index (χ0n) is 22.8. The van der Waals surface area contributed by atoms with Gasteiger partial charge in [0.2, 0.25) is 0 Å². The van der Waals surface area contributed by atoms with Crippen molar-refractivity contribution in [1.82, 2.24) is 24.5 Å². The van der Waals surface area contributed by atoms with Crippen molar-refractivity contribution in [3.05, 3.63) is 41.7 Å². The SMILES string of the molecule is CC(C)(C)c1cc(-c2cccc(-c3cc(C(C)(C)C)nn3C3CCCCO3)n2)n(C2CCCCO2)n1. The van der Waals surface area contributed by atoms with E-state index in [2.05, 4.69) is 81.2 Å². The molecule has 0 N–H and O–H groups in total. The molecular formula is C29H41N5O2. The molecule has 2 unspecified atom stereocenters. The van der Waals surface area contributed by atoms with Gasteiger partial charge in [-0.05, 0) is 62.8 Å². The Kier molecular flexibility index (Phi) is 6.81. The molecule has 0 aliphatic carbocycles. The quantitative estimate of drug-likeness (QED) is 0.401. The van der Waals surface area contributed by atoms with E-state index >= 15 is 0 Å². The highest BCUT2D eigenvalue weighted by Crippen LogP contribution is 2.35. The normalized spacial score (nSPS) is 21.6. The molecule has 0 spiro atoms. The van der Waals surface area contributed by atoms with E-state index in [9.17, 15) is 0 Å². The molecule has 7 heteroatoms. The van der Waals surface area contributed by atoms with Gasteiger partial charge in [-0.1, -0.05) is 47.6 Å². The first kappa shape index (κ1) is 25.2. The van der Waals surface area contributed by atoms with Crippen LogP contribution in [0.3, 0.4) is 0 Å². The third-order valence-corrected chi connectivity index (χ3v) is 7.14. The number of nitrogens with zero attached hydrogens (tertiary/aromatic N) is 5. The highest BCUT2D eigenvalue weighted by atomic mass is 16.5. The molecule has 2 aliphatic rings. The van der Waals surface area contributed by atoms with Crippen molar-refractivity contribution in [3.63, 3.8) is 0 Å². The summed E-state index contributed by atoms with van der Waals surface area (Å²) in [6.45, 7) is 14.8. The van der Waals surface area contributed by atoms with E-state index < -0.39 is 0 Å². The lowest BCUT2D eigenvalue weighted by atomic mass is 9.92. The van der Waals surface area contributed by atoms with E-state index in [-0.39, 0.29) is 23.3 Å². The topological polar surface area (TPSA) is 67.0 Å². The second kappa shape index (κ2) is 9.75. The van der Waals surface area contributed by atoms with E-state index in [1.165, 1.54) is 0 Å². The molecule has 5 heterocycles. The third-order valence-electron chi connectivity index (χ3n) is 7.14. The molecule has 0 bridgehead atoms. The van der Waals surface area contributed by atoms with Crippen LogP contribution in [0.2, 0.25) is 0 Å². The van der Waals surface area contributed by atoms with Crippen LogP contribution in [0.15, 0.2) is 30.3 Å². The van der Waals surface area contributed by atoms with E-state index in [0.717, 1.165) is 85.9 Å². The molecule has 0 saturated carbocycles. The molecule has 3 aromatic heterocycles. The van der Waals surface area contributed by atoms with Crippen molar-refractivity contribution in [2.45, 2.75) is 103 Å². The minimum atomic E-state index is -0.0647. The fourth-order valence-electron chi connectivity index (χ4n) is 4.90. The van der Waals surface area contributed by atoms with Crippen LogP contribution in [0, 0.1) is 0 Å². The summed E-state index contributed by atoms with van der Waals surface area (Å²) >= 11 is 0. The van der Waals surface area contributed by atoms with Gasteiger partial charge < -0.3 is 9.47 Å². The van der Waals surface area contributed by atoms with Crippen LogP contribution in [-0.2, 0) is 20.3 Å². The molecule has 5 rings (SSSR count). The van der Waals surface area contributed by atoms with Gasteiger partial charge in [-0.3, -0.25) is 0 Å². The molecule has 0 amide bonds. The van der Waals surface area contributed by atoms with Crippen LogP contribution in [0.1, 0.15) is 104 Å². The highest BCUT2D eigenvalue weighted by Gasteiger charge is 2.28. The monoisotopic (exact) mass is 491 g/mol. The molecule has 7 nitrogen and oxygen atoms in total. The smallest absolute Gasteiger partial charge is 0.150 e. The average molecular weight is 492 g/mol. The second-order valence-electron chi connectivity index (χ2n) is 12.3. The molecule has 36 heavy (non-hydrogen) atoms. The van der Waals surface area contributed by atoms with Crippen molar-refractivity contribution in [2.75, 3.05) is 13.2 Å². The number of hydrogen-bond donors (Lipinski definition) is 0. The molecule has 2 aliphatic heterocycles. The Bertz CT molecular complexity index is 1100. The Labute approximate surface area is 215 Å². The fraction of sp³-hybridized carbons (Fsp3) is 0.621. The van der Waals surface area contributed by atoms with Gasteiger partial charge >= 0.3 is 0 Å². The van der Waals surface area contributed by atoms with Crippen molar-refractivity contribution >= 4 is 0 Å². The molecule has 194 valence electrons. The molecule has 3 aromatic rings. The van der Waals surface area contributed by atoms with Crippen LogP contribution in [0.4, 0.5) is 0 Å². The van der Waals surface area contributed by atoms with E-state index in [1.54, 1.807) is 0 Å². The van der Waals surface area contributed by atoms with Crippen LogP contribution in [-0.4, -0.2) is 37.8 Å². The summed E-state index contributed by atoms with van der Waals surface area (Å²) in [5, 5.41) is 10.1. The van der Waals surface area contributed by atoms with Gasteiger partial charge in [0.15, 0.2) is 12.5 Å². The maximum Gasteiger partial charge on any atom is 0.150 e. The van der Waals surface area contributed by atoms with Crippen LogP contribution in [0.5, 0.6) is 0 Å². The Balaban J connectivity index is 1.59. The lowest BCUT2D eigenvalue weighted by molar-refractivity contribution is -0.0387. The molecule has 2 atom stereocenters. The Morgan fingerprint density at radius 1 is 0.694 bits per heavy atom. The Morgan fingerprint density at radius 3 is 1.50 bits per heavy atom. The third kappa shape index (κ3) is 5.14. The zero-order valence-corrected chi connectivity index (χ0v) is 22.8. The Morgan fingerprint density at radius 2 is 1.14 bits per heavy atom. The summed E-state index contributed by atoms with van der Waals surface area (Å²) < 4.78 is 16.4. The predicted molar refractivity (Wildman–Crippen MR) is 142 cm³/mol. The van der Waals surface area contributed by atoms with E-state index in [4.69, 9.17) is 24.7 Å². The van der Waals surface area contributed by atoms with Gasteiger partial charge in [0.1, 0.15) is 0 Å². The number of aromatic nitrogens is 5. The maximum atomic E-state index is 6.15. The summed E-state index contributed by atoms with van der Waals surface area (Å²) in [5.41, 5.74) is 5.78. The largest absolute Gasteiger partial charge is 0.356 e. The molecule has 0 aromatic carbocycles. The van der Waals surface area contributed by atoms with E-state index in [0.29, 0.717) is 0 Å². The van der Waals surface area contributed by atoms with Crippen LogP contribution >= 0.6 is 0 Å². The summed E-state index contributed by atoms with van der Waals surface area (Å²) in [4.78, 5) is 5.18. The van der Waals surface area contributed by atoms with Crippen molar-refractivity contribution in [1.29, 1.82) is 0 Å². The first-order valence-corrected chi connectivity index (χ1v) is 13.5. The number of ether oxygens (including phenoxy) is 2. The molecule has 2 saturated heterocycles. The fourth-order valence-corrected chi connectivity index (χ4v) is 4.90. The predicted octanol–water partition coefficient (Wildman–Crippen LogP) is 6.80. The van der Waals surface area contributed by atoms with Gasteiger partial charge in [-0.15, -0.1) is 0 Å². The molecule has 2 fully saturated rings. The van der Waals surface area contributed by atoms with Gasteiger partial charge in [0.05, 0.1) is 34.2 Å². The summed E-state index contributed by atoms with van der Waals surface area (Å²) in [5.74, 6) is 0. The standard InChI is InChI=1S/C29H41N5O2/c1-28(2,3)24-18-22(33(31-24)26-14-7-9-16-35-26)20-12-11-13-21(30-20)23-19-25(29(4,5)6)32-34(23)27-15-8-10-17-36-27/h11-13,18-19,26-27H,7-10,14-17H2,1-6H3. The van der Waals surface area contributed by atoms with Crippen molar-refractivity contribution in [3.8, 4) is 22.8 Å². The maximum absolute atomic E-state index is 6.15. The van der Waals surface area contributed by atoms with Gasteiger partial charge in [0, 0.05) is 24.0 Å². The van der Waals surface area contributed by atoms with Crippen LogP contribution in [0.25, 0.3) is 22.8 Å². The summed E-state index contributed by atoms with van der Waals surface area (Å²) in [7, 11) is 0.